The van der Waals surface area contributed by atoms with Crippen molar-refractivity contribution in [3.05, 3.63) is 38.4 Å². The Kier molecular flexibility index (Phi) is 4.64. The first-order valence-corrected chi connectivity index (χ1v) is 6.56. The molecule has 0 bridgehead atoms. The number of anilines is 1. The fraction of sp³-hybridized carbons (Fsp3) is 0.417. The molecule has 9 heteroatoms. The van der Waals surface area contributed by atoms with Gasteiger partial charge in [0.25, 0.3) is 5.69 Å². The number of aliphatic imine (C=N–C) groups is 1. The molecule has 0 amide bonds. The number of non-ortho nitro benzene ring substituents is 1. The molecule has 1 aliphatic rings. The van der Waals surface area contributed by atoms with Crippen LogP contribution in [0.25, 0.3) is 0 Å². The van der Waals surface area contributed by atoms with Crippen LogP contribution in [0.4, 0.5) is 17.1 Å². The van der Waals surface area contributed by atoms with Crippen LogP contribution < -0.4 is 10.9 Å². The Morgan fingerprint density at radius 2 is 1.86 bits per heavy atom. The molecule has 0 fully saturated rings. The number of rotatable bonds is 4. The fourth-order valence-corrected chi connectivity index (χ4v) is 2.01. The summed E-state index contributed by atoms with van der Waals surface area (Å²) < 4.78 is 0. The van der Waals surface area contributed by atoms with Crippen LogP contribution in [0, 0.1) is 20.2 Å². The molecule has 0 spiro atoms. The molecule has 0 saturated heterocycles. The number of hydrogen-bond acceptors (Lipinski definition) is 7. The van der Waals surface area contributed by atoms with Crippen LogP contribution in [-0.4, -0.2) is 22.2 Å². The average molecular weight is 293 g/mol. The summed E-state index contributed by atoms with van der Waals surface area (Å²) in [5.74, 6) is 0.736. The lowest BCUT2D eigenvalue weighted by Gasteiger charge is -2.11. The zero-order valence-electron chi connectivity index (χ0n) is 11.2. The third-order valence-corrected chi connectivity index (χ3v) is 3.10. The summed E-state index contributed by atoms with van der Waals surface area (Å²) in [6.07, 6.45) is 3.92. The predicted molar refractivity (Wildman–Crippen MR) is 77.3 cm³/mol. The van der Waals surface area contributed by atoms with Crippen LogP contribution >= 0.6 is 0 Å². The van der Waals surface area contributed by atoms with Gasteiger partial charge in [0.1, 0.15) is 11.5 Å². The van der Waals surface area contributed by atoms with Gasteiger partial charge in [0.05, 0.1) is 15.9 Å². The highest BCUT2D eigenvalue weighted by Crippen LogP contribution is 2.28. The zero-order valence-corrected chi connectivity index (χ0v) is 11.2. The van der Waals surface area contributed by atoms with Gasteiger partial charge in [0.2, 0.25) is 0 Å². The van der Waals surface area contributed by atoms with Crippen LogP contribution in [0.15, 0.2) is 23.2 Å². The van der Waals surface area contributed by atoms with Crippen molar-refractivity contribution >= 4 is 22.9 Å². The average Bonchev–Trinajstić information content (AvgIpc) is 2.73. The van der Waals surface area contributed by atoms with E-state index in [9.17, 15) is 20.2 Å². The Labute approximate surface area is 120 Å². The van der Waals surface area contributed by atoms with Crippen LogP contribution in [0.3, 0.4) is 0 Å². The highest BCUT2D eigenvalue weighted by atomic mass is 16.6. The van der Waals surface area contributed by atoms with E-state index in [0.29, 0.717) is 0 Å². The van der Waals surface area contributed by atoms with E-state index in [1.165, 1.54) is 12.1 Å². The number of benzene rings is 1. The first kappa shape index (κ1) is 14.7. The van der Waals surface area contributed by atoms with Gasteiger partial charge in [-0.3, -0.25) is 36.1 Å². The minimum absolute atomic E-state index is 0.164. The van der Waals surface area contributed by atoms with Gasteiger partial charge < -0.3 is 0 Å². The van der Waals surface area contributed by atoms with Crippen molar-refractivity contribution in [3.8, 4) is 0 Å². The van der Waals surface area contributed by atoms with Crippen LogP contribution in [0.1, 0.15) is 25.7 Å². The number of nitro groups is 2. The summed E-state index contributed by atoms with van der Waals surface area (Å²) in [6, 6.07) is 3.45. The highest BCUT2D eigenvalue weighted by molar-refractivity contribution is 5.84. The molecule has 0 aliphatic carbocycles. The van der Waals surface area contributed by atoms with E-state index in [1.54, 1.807) is 0 Å². The van der Waals surface area contributed by atoms with Crippen LogP contribution in [0.5, 0.6) is 0 Å². The second kappa shape index (κ2) is 6.64. The van der Waals surface area contributed by atoms with Gasteiger partial charge in [0, 0.05) is 19.0 Å². The van der Waals surface area contributed by atoms with E-state index >= 15 is 0 Å². The molecule has 1 aliphatic heterocycles. The Bertz CT molecular complexity index is 587. The third-order valence-electron chi connectivity index (χ3n) is 3.10. The van der Waals surface area contributed by atoms with Crippen molar-refractivity contribution in [2.24, 2.45) is 4.99 Å². The van der Waals surface area contributed by atoms with E-state index in [-0.39, 0.29) is 17.1 Å². The lowest BCUT2D eigenvalue weighted by molar-refractivity contribution is -0.393. The standard InChI is InChI=1S/C12H15N5O4/c18-16(19)9-5-6-10(11(8-9)17(20)21)14-15-12-4-2-1-3-7-13-12/h5-6,8,14H,1-4,7H2,(H,13,15). The Morgan fingerprint density at radius 3 is 2.57 bits per heavy atom. The minimum atomic E-state index is -0.667. The fourth-order valence-electron chi connectivity index (χ4n) is 2.01. The largest absolute Gasteiger partial charge is 0.300 e. The summed E-state index contributed by atoms with van der Waals surface area (Å²) in [7, 11) is 0. The van der Waals surface area contributed by atoms with Gasteiger partial charge in [-0.2, -0.15) is 0 Å². The SMILES string of the molecule is O=[N+]([O-])c1ccc(NNC2=NCCCCC2)c([N+](=O)[O-])c1. The lowest BCUT2D eigenvalue weighted by atomic mass is 10.2. The van der Waals surface area contributed by atoms with E-state index in [2.05, 4.69) is 15.8 Å². The second-order valence-corrected chi connectivity index (χ2v) is 4.60. The second-order valence-electron chi connectivity index (χ2n) is 4.60. The van der Waals surface area contributed by atoms with Crippen molar-refractivity contribution in [1.29, 1.82) is 0 Å². The molecule has 0 radical (unpaired) electrons. The highest BCUT2D eigenvalue weighted by Gasteiger charge is 2.19. The molecule has 0 unspecified atom stereocenters. The molecular weight excluding hydrogens is 278 g/mol. The first-order valence-electron chi connectivity index (χ1n) is 6.56. The van der Waals surface area contributed by atoms with Crippen molar-refractivity contribution in [3.63, 3.8) is 0 Å². The van der Waals surface area contributed by atoms with Crippen molar-refractivity contribution in [1.82, 2.24) is 5.43 Å². The predicted octanol–water partition coefficient (Wildman–Crippen LogP) is 2.39. The number of nitrogens with zero attached hydrogens (tertiary/aromatic N) is 3. The molecule has 112 valence electrons. The maximum atomic E-state index is 11.0. The first-order chi connectivity index (χ1) is 10.1. The Morgan fingerprint density at radius 1 is 1.05 bits per heavy atom. The molecule has 9 nitrogen and oxygen atoms in total. The van der Waals surface area contributed by atoms with Gasteiger partial charge in [-0.1, -0.05) is 6.42 Å². The summed E-state index contributed by atoms with van der Waals surface area (Å²) in [5.41, 5.74) is 5.05. The van der Waals surface area contributed by atoms with Gasteiger partial charge in [0.15, 0.2) is 0 Å². The van der Waals surface area contributed by atoms with Crippen LogP contribution in [-0.2, 0) is 0 Å². The zero-order chi connectivity index (χ0) is 15.2. The van der Waals surface area contributed by atoms with Gasteiger partial charge in [-0.15, -0.1) is 0 Å². The van der Waals surface area contributed by atoms with E-state index in [0.717, 1.165) is 44.1 Å². The van der Waals surface area contributed by atoms with E-state index < -0.39 is 9.85 Å². The number of nitrogens with one attached hydrogen (secondary N) is 2. The van der Waals surface area contributed by atoms with Gasteiger partial charge in [-0.25, -0.2) is 0 Å². The summed E-state index contributed by atoms with van der Waals surface area (Å²) in [4.78, 5) is 24.6. The molecule has 1 heterocycles. The summed E-state index contributed by atoms with van der Waals surface area (Å²) in [5, 5.41) is 21.6. The topological polar surface area (TPSA) is 123 Å². The normalized spacial score (nSPS) is 14.8. The molecule has 2 N–H and O–H groups in total. The number of nitro benzene ring substituents is 2. The minimum Gasteiger partial charge on any atom is -0.294 e. The maximum absolute atomic E-state index is 11.0. The van der Waals surface area contributed by atoms with Gasteiger partial charge >= 0.3 is 5.69 Å². The Balaban J connectivity index is 2.13. The van der Waals surface area contributed by atoms with Crippen molar-refractivity contribution in [2.75, 3.05) is 12.0 Å². The molecule has 1 aromatic rings. The molecule has 0 saturated carbocycles. The summed E-state index contributed by atoms with van der Waals surface area (Å²) >= 11 is 0. The number of amidine groups is 1. The number of hydrazine groups is 1. The molecule has 21 heavy (non-hydrogen) atoms. The molecule has 2 rings (SSSR count). The smallest absolute Gasteiger partial charge is 0.294 e. The van der Waals surface area contributed by atoms with E-state index in [1.807, 2.05) is 0 Å². The van der Waals surface area contributed by atoms with E-state index in [4.69, 9.17) is 0 Å². The van der Waals surface area contributed by atoms with Gasteiger partial charge in [-0.05, 0) is 18.9 Å². The van der Waals surface area contributed by atoms with Crippen molar-refractivity contribution < 1.29 is 9.85 Å². The quantitative estimate of drug-likeness (QED) is 0.649. The summed E-state index contributed by atoms with van der Waals surface area (Å²) in [6.45, 7) is 0.729. The lowest BCUT2D eigenvalue weighted by Crippen LogP contribution is -2.29. The number of hydrogen-bond donors (Lipinski definition) is 2. The third kappa shape index (κ3) is 3.88. The molecule has 0 aromatic heterocycles. The van der Waals surface area contributed by atoms with Crippen LogP contribution in [0.2, 0.25) is 0 Å². The monoisotopic (exact) mass is 293 g/mol. The molecule has 1 aromatic carbocycles. The van der Waals surface area contributed by atoms with Crippen molar-refractivity contribution in [2.45, 2.75) is 25.7 Å². The Hall–Kier alpha value is -2.71. The maximum Gasteiger partial charge on any atom is 0.300 e. The molecule has 0 atom stereocenters. The molecular formula is C12H15N5O4.